The number of rotatable bonds is 6. The van der Waals surface area contributed by atoms with Crippen LogP contribution in [0.1, 0.15) is 29.9 Å². The molecule has 2 aromatic carbocycles. The van der Waals surface area contributed by atoms with Crippen LogP contribution in [0.4, 0.5) is 0 Å². The summed E-state index contributed by atoms with van der Waals surface area (Å²) in [6.07, 6.45) is 3.89. The van der Waals surface area contributed by atoms with E-state index in [9.17, 15) is 24.3 Å². The molecular formula is C31H26BrNO6. The summed E-state index contributed by atoms with van der Waals surface area (Å²) in [5.41, 5.74) is 3.20. The second kappa shape index (κ2) is 10.2. The minimum Gasteiger partial charge on any atom is -0.491 e. The fourth-order valence-electron chi connectivity index (χ4n) is 6.56. The van der Waals surface area contributed by atoms with Crippen LogP contribution in [0.15, 0.2) is 88.0 Å². The van der Waals surface area contributed by atoms with Gasteiger partial charge in [0.15, 0.2) is 11.6 Å². The smallest absolute Gasteiger partial charge is 0.234 e. The van der Waals surface area contributed by atoms with Gasteiger partial charge in [0.25, 0.3) is 0 Å². The number of carbonyl (C=O) groups is 4. The minimum absolute atomic E-state index is 0.0720. The first-order valence-electron chi connectivity index (χ1n) is 13.0. The summed E-state index contributed by atoms with van der Waals surface area (Å²) in [6.45, 7) is 0.0973. The van der Waals surface area contributed by atoms with Gasteiger partial charge in [-0.3, -0.25) is 24.1 Å². The van der Waals surface area contributed by atoms with Gasteiger partial charge < -0.3 is 9.84 Å². The van der Waals surface area contributed by atoms with Gasteiger partial charge in [0.1, 0.15) is 12.4 Å². The van der Waals surface area contributed by atoms with Gasteiger partial charge in [-0.25, -0.2) is 0 Å². The van der Waals surface area contributed by atoms with E-state index in [1.165, 1.54) is 11.0 Å². The Morgan fingerprint density at radius 3 is 2.46 bits per heavy atom. The number of hydrogen-bond acceptors (Lipinski definition) is 6. The lowest BCUT2D eigenvalue weighted by atomic mass is 9.59. The van der Waals surface area contributed by atoms with E-state index in [2.05, 4.69) is 15.9 Å². The third-order valence-corrected chi connectivity index (χ3v) is 8.77. The number of halogens is 1. The summed E-state index contributed by atoms with van der Waals surface area (Å²) in [5.74, 6) is -2.61. The molecule has 1 fully saturated rings. The van der Waals surface area contributed by atoms with Crippen molar-refractivity contribution < 1.29 is 29.0 Å². The Bertz CT molecular complexity index is 1490. The summed E-state index contributed by atoms with van der Waals surface area (Å²) in [4.78, 5) is 55.5. The first kappa shape index (κ1) is 25.6. The molecule has 0 aromatic heterocycles. The van der Waals surface area contributed by atoms with Crippen molar-refractivity contribution in [2.75, 3.05) is 13.2 Å². The Kier molecular flexibility index (Phi) is 6.69. The maximum Gasteiger partial charge on any atom is 0.234 e. The molecule has 1 saturated heterocycles. The molecule has 3 aliphatic carbocycles. The highest BCUT2D eigenvalue weighted by atomic mass is 79.9. The van der Waals surface area contributed by atoms with Crippen molar-refractivity contribution in [3.05, 3.63) is 99.1 Å². The molecule has 1 heterocycles. The average Bonchev–Trinajstić information content (AvgIpc) is 3.19. The molecule has 4 aliphatic rings. The van der Waals surface area contributed by atoms with Crippen LogP contribution >= 0.6 is 15.9 Å². The number of likely N-dealkylation sites (tertiary alicyclic amines) is 1. The third kappa shape index (κ3) is 4.22. The Morgan fingerprint density at radius 2 is 1.69 bits per heavy atom. The van der Waals surface area contributed by atoms with E-state index in [1.807, 2.05) is 54.6 Å². The zero-order valence-electron chi connectivity index (χ0n) is 21.0. The second-order valence-corrected chi connectivity index (χ2v) is 11.1. The number of ether oxygens (including phenoxy) is 1. The summed E-state index contributed by atoms with van der Waals surface area (Å²) < 4.78 is 6.03. The average molecular weight is 588 g/mol. The lowest BCUT2D eigenvalue weighted by Gasteiger charge is -2.42. The number of hydrogen-bond donors (Lipinski definition) is 1. The number of aliphatic hydroxyl groups excluding tert-OH is 1. The standard InChI is InChI=1S/C31H26BrNO6/c32-23-15-24(35)28-22(29(23)36)14-21-18(26(28)19-8-4-5-9-25(19)39-13-12-34)10-11-20-27(21)31(38)33(30(20)37)16-17-6-2-1-3-7-17/h1-10,15,20-21,26-27,34H,11-14,16H2/t20-,21+,26+,27-/m0/s1. The van der Waals surface area contributed by atoms with Crippen LogP contribution < -0.4 is 4.74 Å². The van der Waals surface area contributed by atoms with Crippen LogP contribution in [0.5, 0.6) is 5.75 Å². The number of carbonyl (C=O) groups excluding carboxylic acids is 4. The molecule has 1 N–H and O–H groups in total. The summed E-state index contributed by atoms with van der Waals surface area (Å²) in [7, 11) is 0. The van der Waals surface area contributed by atoms with E-state index in [0.717, 1.165) is 11.1 Å². The molecule has 0 unspecified atom stereocenters. The molecule has 0 saturated carbocycles. The van der Waals surface area contributed by atoms with E-state index in [0.29, 0.717) is 28.9 Å². The van der Waals surface area contributed by atoms with Gasteiger partial charge in [0, 0.05) is 28.7 Å². The summed E-state index contributed by atoms with van der Waals surface area (Å²) in [5, 5.41) is 9.37. The number of ketones is 2. The number of benzene rings is 2. The highest BCUT2D eigenvalue weighted by molar-refractivity contribution is 9.12. The topological polar surface area (TPSA) is 101 Å². The van der Waals surface area contributed by atoms with Crippen molar-refractivity contribution in [1.29, 1.82) is 0 Å². The molecule has 0 bridgehead atoms. The highest BCUT2D eigenvalue weighted by Crippen LogP contribution is 2.56. The fraction of sp³-hybridized carbons (Fsp3) is 0.290. The van der Waals surface area contributed by atoms with E-state index in [-0.39, 0.29) is 54.0 Å². The number of nitrogens with zero attached hydrogens (tertiary/aromatic N) is 1. The maximum absolute atomic E-state index is 13.9. The Labute approximate surface area is 234 Å². The number of amides is 2. The quantitative estimate of drug-likeness (QED) is 0.311. The molecule has 8 heteroatoms. The normalized spacial score (nSPS) is 26.2. The van der Waals surface area contributed by atoms with E-state index < -0.39 is 23.7 Å². The van der Waals surface area contributed by atoms with Crippen molar-refractivity contribution in [3.8, 4) is 5.75 Å². The fourth-order valence-corrected chi connectivity index (χ4v) is 7.00. The van der Waals surface area contributed by atoms with Gasteiger partial charge in [-0.15, -0.1) is 0 Å². The largest absolute Gasteiger partial charge is 0.491 e. The monoisotopic (exact) mass is 587 g/mol. The molecular weight excluding hydrogens is 562 g/mol. The van der Waals surface area contributed by atoms with E-state index >= 15 is 0 Å². The van der Waals surface area contributed by atoms with E-state index in [1.54, 1.807) is 6.07 Å². The van der Waals surface area contributed by atoms with Crippen LogP contribution in [0.3, 0.4) is 0 Å². The SMILES string of the molecule is O=C1C=C(Br)C(=O)C2=C1[C@@H](c1ccccc1OCCO)C1=CC[C@@H]3C(=O)N(Cc4ccccc4)C(=O)[C@@H]3[C@@H]1C2. The Morgan fingerprint density at radius 1 is 0.949 bits per heavy atom. The molecule has 2 aromatic rings. The van der Waals surface area contributed by atoms with Crippen molar-refractivity contribution in [1.82, 2.24) is 4.90 Å². The van der Waals surface area contributed by atoms with Crippen molar-refractivity contribution >= 4 is 39.3 Å². The number of allylic oxidation sites excluding steroid dienone is 6. The zero-order chi connectivity index (χ0) is 27.3. The van der Waals surface area contributed by atoms with Crippen molar-refractivity contribution in [3.63, 3.8) is 0 Å². The molecule has 7 nitrogen and oxygen atoms in total. The van der Waals surface area contributed by atoms with Gasteiger partial charge in [0.05, 0.1) is 29.5 Å². The van der Waals surface area contributed by atoms with Crippen LogP contribution in [-0.4, -0.2) is 46.6 Å². The molecule has 2 amide bonds. The number of para-hydroxylation sites is 1. The molecule has 198 valence electrons. The first-order valence-corrected chi connectivity index (χ1v) is 13.8. The molecule has 1 aliphatic heterocycles. The maximum atomic E-state index is 13.9. The number of imide groups is 1. The van der Waals surface area contributed by atoms with Crippen molar-refractivity contribution in [2.24, 2.45) is 17.8 Å². The van der Waals surface area contributed by atoms with Crippen molar-refractivity contribution in [2.45, 2.75) is 25.3 Å². The molecule has 4 atom stereocenters. The summed E-state index contributed by atoms with van der Waals surface area (Å²) >= 11 is 3.25. The first-order chi connectivity index (χ1) is 18.9. The van der Waals surface area contributed by atoms with Gasteiger partial charge in [0.2, 0.25) is 11.8 Å². The van der Waals surface area contributed by atoms with Gasteiger partial charge >= 0.3 is 0 Å². The number of fused-ring (bicyclic) bond motifs is 3. The second-order valence-electron chi connectivity index (χ2n) is 10.3. The minimum atomic E-state index is -0.615. The Balaban J connectivity index is 1.45. The lowest BCUT2D eigenvalue weighted by molar-refractivity contribution is -0.140. The summed E-state index contributed by atoms with van der Waals surface area (Å²) in [6, 6.07) is 16.7. The van der Waals surface area contributed by atoms with Gasteiger partial charge in [-0.1, -0.05) is 60.2 Å². The molecule has 0 spiro atoms. The Hall–Kier alpha value is -3.62. The van der Waals surface area contributed by atoms with Crippen LogP contribution in [-0.2, 0) is 25.7 Å². The highest BCUT2D eigenvalue weighted by Gasteiger charge is 2.56. The molecule has 0 radical (unpaired) electrons. The van der Waals surface area contributed by atoms with Crippen LogP contribution in [0.25, 0.3) is 0 Å². The third-order valence-electron chi connectivity index (χ3n) is 8.18. The van der Waals surface area contributed by atoms with Gasteiger partial charge in [-0.2, -0.15) is 0 Å². The van der Waals surface area contributed by atoms with Crippen LogP contribution in [0, 0.1) is 17.8 Å². The van der Waals surface area contributed by atoms with Gasteiger partial charge in [-0.05, 0) is 46.3 Å². The molecule has 6 rings (SSSR count). The van der Waals surface area contributed by atoms with Crippen LogP contribution in [0.2, 0.25) is 0 Å². The molecule has 39 heavy (non-hydrogen) atoms. The number of Topliss-reactive ketones (excluding diaryl/α,β-unsaturated/α-hetero) is 1. The lowest BCUT2D eigenvalue weighted by Crippen LogP contribution is -2.39. The predicted octanol–water partition coefficient (Wildman–Crippen LogP) is 4.02. The van der Waals surface area contributed by atoms with E-state index in [4.69, 9.17) is 4.74 Å². The number of aliphatic hydroxyl groups is 1. The predicted molar refractivity (Wildman–Crippen MR) is 146 cm³/mol. The zero-order valence-corrected chi connectivity index (χ0v) is 22.6.